The van der Waals surface area contributed by atoms with E-state index in [9.17, 15) is 14.7 Å². The fourth-order valence-electron chi connectivity index (χ4n) is 7.96. The van der Waals surface area contributed by atoms with Crippen LogP contribution in [0.1, 0.15) is 25.3 Å². The van der Waals surface area contributed by atoms with Crippen LogP contribution in [-0.2, 0) is 25.5 Å². The molecular weight excluding hydrogens is 642 g/mol. The van der Waals surface area contributed by atoms with E-state index < -0.39 is 48.1 Å². The Hall–Kier alpha value is -4.44. The first-order valence-corrected chi connectivity index (χ1v) is 17.1. The van der Waals surface area contributed by atoms with Crippen LogP contribution < -0.4 is 14.5 Å². The highest BCUT2D eigenvalue weighted by atomic mass is 35.5. The minimum absolute atomic E-state index is 0.126. The molecule has 6 rings (SSSR count). The van der Waals surface area contributed by atoms with E-state index in [1.807, 2.05) is 49.4 Å². The maximum absolute atomic E-state index is 15.0. The molecule has 0 radical (unpaired) electrons. The molecule has 0 aromatic heterocycles. The summed E-state index contributed by atoms with van der Waals surface area (Å²) in [5.74, 6) is -2.17. The van der Waals surface area contributed by atoms with E-state index in [1.54, 1.807) is 53.5 Å². The highest BCUT2D eigenvalue weighted by Crippen LogP contribution is 2.59. The summed E-state index contributed by atoms with van der Waals surface area (Å²) < 4.78 is 12.4. The molecule has 3 aliphatic heterocycles. The van der Waals surface area contributed by atoms with Crippen LogP contribution >= 0.6 is 11.6 Å². The molecule has 3 fully saturated rings. The van der Waals surface area contributed by atoms with Gasteiger partial charge in [-0.3, -0.25) is 14.4 Å². The highest BCUT2D eigenvalue weighted by Gasteiger charge is 2.75. The molecule has 3 aromatic rings. The van der Waals surface area contributed by atoms with Gasteiger partial charge in [-0.15, -0.1) is 13.2 Å². The van der Waals surface area contributed by atoms with Crippen LogP contribution in [-0.4, -0.2) is 77.8 Å². The smallest absolute Gasteiger partial charge is 0.253 e. The number of para-hydroxylation sites is 1. The minimum atomic E-state index is -1.29. The topological polar surface area (TPSA) is 99.6 Å². The number of nitrogens with zero attached hydrogens (tertiary/aromatic N) is 3. The zero-order chi connectivity index (χ0) is 34.7. The van der Waals surface area contributed by atoms with Gasteiger partial charge in [0.15, 0.2) is 0 Å². The Labute approximate surface area is 292 Å². The second-order valence-corrected chi connectivity index (χ2v) is 13.1. The monoisotopic (exact) mass is 683 g/mol. The standard InChI is InChI=1S/C39H42ClN3O6/c1-4-22-41(27-16-18-29(19-17-27)48-6-3)36(45)33-32-20-21-39(49-32)34(33)37(46)43(28(25-44)24-26-12-8-7-9-13-26)35(39)38(47)42(23-5-2)31-15-11-10-14-30(31)40/h4-5,7-19,28,32-35,44H,1-2,6,20-25H2,3H3/t28-,32-,33+,34+,35?,39?/m1/s1. The molecule has 3 amide bonds. The number of benzene rings is 3. The maximum Gasteiger partial charge on any atom is 0.253 e. The number of amides is 3. The average Bonchev–Trinajstić information content (AvgIpc) is 3.77. The molecule has 49 heavy (non-hydrogen) atoms. The molecule has 2 bridgehead atoms. The third-order valence-corrected chi connectivity index (χ3v) is 10.3. The van der Waals surface area contributed by atoms with Gasteiger partial charge in [-0.2, -0.15) is 0 Å². The number of aliphatic hydroxyl groups excluding tert-OH is 1. The van der Waals surface area contributed by atoms with E-state index in [1.165, 1.54) is 9.80 Å². The summed E-state index contributed by atoms with van der Waals surface area (Å²) in [6, 6.07) is 21.9. The Morgan fingerprint density at radius 2 is 1.69 bits per heavy atom. The van der Waals surface area contributed by atoms with E-state index in [2.05, 4.69) is 13.2 Å². The van der Waals surface area contributed by atoms with E-state index in [0.717, 1.165) is 5.56 Å². The third kappa shape index (κ3) is 6.16. The molecular formula is C39H42ClN3O6. The highest BCUT2D eigenvalue weighted by molar-refractivity contribution is 6.34. The number of carbonyl (C=O) groups excluding carboxylic acids is 3. The van der Waals surface area contributed by atoms with Crippen molar-refractivity contribution in [3.63, 3.8) is 0 Å². The van der Waals surface area contributed by atoms with E-state index in [4.69, 9.17) is 21.1 Å². The molecule has 3 saturated heterocycles. The van der Waals surface area contributed by atoms with Crippen molar-refractivity contribution >= 4 is 40.7 Å². The van der Waals surface area contributed by atoms with Crippen molar-refractivity contribution in [1.82, 2.24) is 4.90 Å². The van der Waals surface area contributed by atoms with Crippen LogP contribution in [0, 0.1) is 11.8 Å². The number of anilines is 2. The molecule has 10 heteroatoms. The summed E-state index contributed by atoms with van der Waals surface area (Å²) in [4.78, 5) is 49.2. The van der Waals surface area contributed by atoms with Crippen molar-refractivity contribution in [1.29, 1.82) is 0 Å². The molecule has 1 N–H and O–H groups in total. The summed E-state index contributed by atoms with van der Waals surface area (Å²) in [6.45, 7) is 10.1. The number of carbonyl (C=O) groups is 3. The van der Waals surface area contributed by atoms with Crippen LogP contribution in [0.2, 0.25) is 5.02 Å². The second kappa shape index (κ2) is 14.6. The number of hydrogen-bond donors (Lipinski definition) is 1. The number of ether oxygens (including phenoxy) is 2. The van der Waals surface area contributed by atoms with Gasteiger partial charge in [0.05, 0.1) is 47.9 Å². The lowest BCUT2D eigenvalue weighted by atomic mass is 9.70. The fraction of sp³-hybridized carbons (Fsp3) is 0.359. The molecule has 1 spiro atoms. The zero-order valence-corrected chi connectivity index (χ0v) is 28.4. The van der Waals surface area contributed by atoms with Crippen LogP contribution in [0.5, 0.6) is 5.75 Å². The van der Waals surface area contributed by atoms with Crippen LogP contribution in [0.3, 0.4) is 0 Å². The van der Waals surface area contributed by atoms with Crippen LogP contribution in [0.4, 0.5) is 11.4 Å². The van der Waals surface area contributed by atoms with Crippen molar-refractivity contribution in [2.45, 2.75) is 50.0 Å². The fourth-order valence-corrected chi connectivity index (χ4v) is 8.20. The molecule has 3 aromatic carbocycles. The summed E-state index contributed by atoms with van der Waals surface area (Å²) in [6.07, 6.45) is 3.89. The summed E-state index contributed by atoms with van der Waals surface area (Å²) in [5.41, 5.74) is 0.712. The normalized spacial score (nSPS) is 24.3. The quantitative estimate of drug-likeness (QED) is 0.227. The molecule has 2 unspecified atom stereocenters. The number of halogens is 1. The van der Waals surface area contributed by atoms with Gasteiger partial charge in [-0.1, -0.05) is 66.2 Å². The van der Waals surface area contributed by atoms with Crippen molar-refractivity contribution in [3.05, 3.63) is 115 Å². The molecule has 256 valence electrons. The van der Waals surface area contributed by atoms with Crippen LogP contribution in [0.15, 0.2) is 104 Å². The Bertz CT molecular complexity index is 1700. The SMILES string of the molecule is C=CCN(C(=O)[C@@H]1[C@H]2C(=O)N([C@@H](CO)Cc3ccccc3)C(C(=O)N(CC=C)c3ccccc3Cl)C23CC[C@H]1O3)c1ccc(OCC)cc1. The van der Waals surface area contributed by atoms with Gasteiger partial charge in [-0.05, 0) is 68.1 Å². The van der Waals surface area contributed by atoms with Crippen molar-refractivity contribution in [2.75, 3.05) is 36.1 Å². The van der Waals surface area contributed by atoms with E-state index in [0.29, 0.717) is 48.0 Å². The number of hydrogen-bond acceptors (Lipinski definition) is 6. The maximum atomic E-state index is 15.0. The van der Waals surface area contributed by atoms with Gasteiger partial charge in [0.2, 0.25) is 11.8 Å². The van der Waals surface area contributed by atoms with Gasteiger partial charge in [0.1, 0.15) is 17.4 Å². The molecule has 3 aliphatic rings. The van der Waals surface area contributed by atoms with Gasteiger partial charge >= 0.3 is 0 Å². The van der Waals surface area contributed by atoms with Crippen molar-refractivity contribution in [2.24, 2.45) is 11.8 Å². The number of aliphatic hydroxyl groups is 1. The molecule has 6 atom stereocenters. The van der Waals surface area contributed by atoms with E-state index in [-0.39, 0.29) is 24.9 Å². The molecule has 0 aliphatic carbocycles. The largest absolute Gasteiger partial charge is 0.494 e. The predicted molar refractivity (Wildman–Crippen MR) is 190 cm³/mol. The Kier molecular flexibility index (Phi) is 10.2. The van der Waals surface area contributed by atoms with Crippen LogP contribution in [0.25, 0.3) is 0 Å². The van der Waals surface area contributed by atoms with Crippen molar-refractivity contribution in [3.8, 4) is 5.75 Å². The van der Waals surface area contributed by atoms with Crippen molar-refractivity contribution < 1.29 is 29.0 Å². The van der Waals surface area contributed by atoms with E-state index >= 15 is 4.79 Å². The van der Waals surface area contributed by atoms with Gasteiger partial charge in [0, 0.05) is 18.8 Å². The lowest BCUT2D eigenvalue weighted by Gasteiger charge is -2.39. The Morgan fingerprint density at radius 3 is 2.35 bits per heavy atom. The number of fused-ring (bicyclic) bond motifs is 1. The van der Waals surface area contributed by atoms with Gasteiger partial charge in [0.25, 0.3) is 5.91 Å². The lowest BCUT2D eigenvalue weighted by molar-refractivity contribution is -0.144. The lowest BCUT2D eigenvalue weighted by Crippen LogP contribution is -2.59. The summed E-state index contributed by atoms with van der Waals surface area (Å²) >= 11 is 6.62. The number of likely N-dealkylation sites (tertiary alicyclic amines) is 1. The Balaban J connectivity index is 1.43. The molecule has 9 nitrogen and oxygen atoms in total. The summed E-state index contributed by atoms with van der Waals surface area (Å²) in [7, 11) is 0. The first kappa shape index (κ1) is 34.4. The third-order valence-electron chi connectivity index (χ3n) is 9.93. The van der Waals surface area contributed by atoms with Gasteiger partial charge < -0.3 is 29.3 Å². The minimum Gasteiger partial charge on any atom is -0.494 e. The first-order valence-electron chi connectivity index (χ1n) is 16.8. The first-order chi connectivity index (χ1) is 23.8. The average molecular weight is 684 g/mol. The molecule has 3 heterocycles. The summed E-state index contributed by atoms with van der Waals surface area (Å²) in [5, 5.41) is 11.2. The van der Waals surface area contributed by atoms with Gasteiger partial charge in [-0.25, -0.2) is 0 Å². The predicted octanol–water partition coefficient (Wildman–Crippen LogP) is 5.46. The number of rotatable bonds is 14. The second-order valence-electron chi connectivity index (χ2n) is 12.7. The zero-order valence-electron chi connectivity index (χ0n) is 27.6. The molecule has 0 saturated carbocycles. The Morgan fingerprint density at radius 1 is 1.02 bits per heavy atom.